The van der Waals surface area contributed by atoms with Crippen LogP contribution < -0.4 is 10.1 Å². The Morgan fingerprint density at radius 3 is 3.24 bits per heavy atom. The number of ether oxygens (including phenoxy) is 1. The molecule has 0 fully saturated rings. The average molecular weight is 229 g/mol. The molecule has 1 aromatic heterocycles. The number of aromatic nitrogens is 2. The van der Waals surface area contributed by atoms with Crippen LogP contribution in [0.5, 0.6) is 5.75 Å². The fourth-order valence-corrected chi connectivity index (χ4v) is 2.09. The van der Waals surface area contributed by atoms with E-state index in [1.54, 1.807) is 6.20 Å². The van der Waals surface area contributed by atoms with Gasteiger partial charge in [-0.25, -0.2) is 4.98 Å². The highest BCUT2D eigenvalue weighted by Gasteiger charge is 2.18. The van der Waals surface area contributed by atoms with E-state index in [-0.39, 0.29) is 0 Å². The monoisotopic (exact) mass is 229 g/mol. The second-order valence-electron chi connectivity index (χ2n) is 4.24. The number of hydrogen-bond acceptors (Lipinski definition) is 3. The smallest absolute Gasteiger partial charge is 0.122 e. The maximum Gasteiger partial charge on any atom is 0.122 e. The van der Waals surface area contributed by atoms with Crippen LogP contribution in [0.4, 0.5) is 0 Å². The molecule has 1 unspecified atom stereocenters. The summed E-state index contributed by atoms with van der Waals surface area (Å²) in [6.45, 7) is 1.47. The van der Waals surface area contributed by atoms with E-state index < -0.39 is 0 Å². The zero-order valence-corrected chi connectivity index (χ0v) is 9.52. The maximum absolute atomic E-state index is 5.71. The number of aromatic amines is 1. The first kappa shape index (κ1) is 10.4. The second kappa shape index (κ2) is 4.59. The van der Waals surface area contributed by atoms with Crippen LogP contribution in [0.3, 0.4) is 0 Å². The van der Waals surface area contributed by atoms with Crippen LogP contribution in [-0.4, -0.2) is 22.6 Å². The lowest BCUT2D eigenvalue weighted by Crippen LogP contribution is -2.39. The van der Waals surface area contributed by atoms with E-state index in [1.807, 2.05) is 18.3 Å². The summed E-state index contributed by atoms with van der Waals surface area (Å²) in [5.41, 5.74) is 1.27. The number of rotatable bonds is 3. The fourth-order valence-electron chi connectivity index (χ4n) is 2.09. The van der Waals surface area contributed by atoms with Gasteiger partial charge in [0, 0.05) is 18.4 Å². The number of H-pyrrole nitrogens is 1. The van der Waals surface area contributed by atoms with Crippen molar-refractivity contribution in [3.05, 3.63) is 48.0 Å². The van der Waals surface area contributed by atoms with Gasteiger partial charge in [-0.05, 0) is 18.1 Å². The Kier molecular flexibility index (Phi) is 2.80. The first-order valence-electron chi connectivity index (χ1n) is 5.84. The molecule has 0 bridgehead atoms. The van der Waals surface area contributed by atoms with Crippen LogP contribution >= 0.6 is 0 Å². The largest absolute Gasteiger partial charge is 0.492 e. The highest BCUT2D eigenvalue weighted by molar-refractivity contribution is 5.35. The molecule has 17 heavy (non-hydrogen) atoms. The summed E-state index contributed by atoms with van der Waals surface area (Å²) in [6.07, 6.45) is 4.62. The Morgan fingerprint density at radius 1 is 1.41 bits per heavy atom. The lowest BCUT2D eigenvalue weighted by molar-refractivity contribution is 0.237. The minimum absolute atomic E-state index is 0.356. The molecule has 3 rings (SSSR count). The Balaban J connectivity index is 1.61. The van der Waals surface area contributed by atoms with Gasteiger partial charge in [-0.3, -0.25) is 0 Å². The van der Waals surface area contributed by atoms with Crippen LogP contribution in [-0.2, 0) is 13.0 Å². The summed E-state index contributed by atoms with van der Waals surface area (Å²) in [5, 5.41) is 3.45. The Labute approximate surface area is 100 Å². The van der Waals surface area contributed by atoms with Gasteiger partial charge in [0.1, 0.15) is 18.2 Å². The van der Waals surface area contributed by atoms with Gasteiger partial charge >= 0.3 is 0 Å². The minimum atomic E-state index is 0.356. The molecule has 1 aliphatic rings. The molecular formula is C13H15N3O. The highest BCUT2D eigenvalue weighted by atomic mass is 16.5. The summed E-state index contributed by atoms with van der Waals surface area (Å²) in [6, 6.07) is 8.57. The van der Waals surface area contributed by atoms with Gasteiger partial charge in [0.15, 0.2) is 0 Å². The quantitative estimate of drug-likeness (QED) is 0.838. The van der Waals surface area contributed by atoms with Gasteiger partial charge in [-0.2, -0.15) is 0 Å². The van der Waals surface area contributed by atoms with E-state index in [0.29, 0.717) is 6.04 Å². The van der Waals surface area contributed by atoms with Crippen molar-refractivity contribution in [2.24, 2.45) is 0 Å². The molecule has 88 valence electrons. The van der Waals surface area contributed by atoms with Gasteiger partial charge < -0.3 is 15.0 Å². The molecule has 0 saturated carbocycles. The molecule has 2 aromatic rings. The van der Waals surface area contributed by atoms with Crippen LogP contribution in [0.25, 0.3) is 0 Å². The predicted octanol–water partition coefficient (Wildman–Crippen LogP) is 1.50. The SMILES string of the molecule is c1ccc2c(c1)CC(NCc1ncc[nH]1)CO2. The summed E-state index contributed by atoms with van der Waals surface area (Å²) in [5.74, 6) is 1.98. The van der Waals surface area contributed by atoms with E-state index in [9.17, 15) is 0 Å². The third-order valence-electron chi connectivity index (χ3n) is 2.99. The van der Waals surface area contributed by atoms with Crippen LogP contribution in [0.1, 0.15) is 11.4 Å². The normalized spacial score (nSPS) is 18.5. The van der Waals surface area contributed by atoms with Crippen molar-refractivity contribution in [2.75, 3.05) is 6.61 Å². The zero-order valence-electron chi connectivity index (χ0n) is 9.52. The molecule has 2 N–H and O–H groups in total. The van der Waals surface area contributed by atoms with E-state index in [0.717, 1.165) is 31.1 Å². The van der Waals surface area contributed by atoms with Gasteiger partial charge in [0.2, 0.25) is 0 Å². The molecule has 4 nitrogen and oxygen atoms in total. The lowest BCUT2D eigenvalue weighted by atomic mass is 10.0. The first-order valence-corrected chi connectivity index (χ1v) is 5.84. The van der Waals surface area contributed by atoms with Crippen LogP contribution in [0.15, 0.2) is 36.7 Å². The fraction of sp³-hybridized carbons (Fsp3) is 0.308. The molecule has 4 heteroatoms. The highest BCUT2D eigenvalue weighted by Crippen LogP contribution is 2.23. The summed E-state index contributed by atoms with van der Waals surface area (Å²) >= 11 is 0. The van der Waals surface area contributed by atoms with Gasteiger partial charge in [0.05, 0.1) is 6.54 Å². The molecule has 0 aliphatic carbocycles. The van der Waals surface area contributed by atoms with Crippen LogP contribution in [0, 0.1) is 0 Å². The summed E-state index contributed by atoms with van der Waals surface area (Å²) in [7, 11) is 0. The second-order valence-corrected chi connectivity index (χ2v) is 4.24. The van der Waals surface area contributed by atoms with Gasteiger partial charge in [-0.15, -0.1) is 0 Å². The third-order valence-corrected chi connectivity index (χ3v) is 2.99. The number of nitrogens with one attached hydrogen (secondary N) is 2. The van der Waals surface area contributed by atoms with Crippen molar-refractivity contribution in [3.63, 3.8) is 0 Å². The Hall–Kier alpha value is -1.81. The number of imidazole rings is 1. The van der Waals surface area contributed by atoms with E-state index >= 15 is 0 Å². The maximum atomic E-state index is 5.71. The third kappa shape index (κ3) is 2.31. The standard InChI is InChI=1S/C13H15N3O/c1-2-4-12-10(3-1)7-11(9-17-12)16-8-13-14-5-6-15-13/h1-6,11,16H,7-9H2,(H,14,15). The molecule has 2 heterocycles. The zero-order chi connectivity index (χ0) is 11.5. The number of hydrogen-bond donors (Lipinski definition) is 2. The Morgan fingerprint density at radius 2 is 2.35 bits per heavy atom. The number of benzene rings is 1. The van der Waals surface area contributed by atoms with Gasteiger partial charge in [0.25, 0.3) is 0 Å². The topological polar surface area (TPSA) is 49.9 Å². The van der Waals surface area contributed by atoms with Crippen molar-refractivity contribution in [2.45, 2.75) is 19.0 Å². The van der Waals surface area contributed by atoms with Crippen LogP contribution in [0.2, 0.25) is 0 Å². The molecule has 1 aromatic carbocycles. The van der Waals surface area contributed by atoms with Gasteiger partial charge in [-0.1, -0.05) is 18.2 Å². The number of nitrogens with zero attached hydrogens (tertiary/aromatic N) is 1. The van der Waals surface area contributed by atoms with Crippen molar-refractivity contribution in [1.82, 2.24) is 15.3 Å². The van der Waals surface area contributed by atoms with Crippen molar-refractivity contribution < 1.29 is 4.74 Å². The van der Waals surface area contributed by atoms with Crippen molar-refractivity contribution >= 4 is 0 Å². The number of fused-ring (bicyclic) bond motifs is 1. The summed E-state index contributed by atoms with van der Waals surface area (Å²) in [4.78, 5) is 7.27. The van der Waals surface area contributed by atoms with Crippen molar-refractivity contribution in [3.8, 4) is 5.75 Å². The lowest BCUT2D eigenvalue weighted by Gasteiger charge is -2.25. The minimum Gasteiger partial charge on any atom is -0.492 e. The average Bonchev–Trinajstić information content (AvgIpc) is 2.89. The molecule has 0 amide bonds. The summed E-state index contributed by atoms with van der Waals surface area (Å²) < 4.78 is 5.71. The van der Waals surface area contributed by atoms with E-state index in [1.165, 1.54) is 5.56 Å². The molecule has 1 atom stereocenters. The Bertz CT molecular complexity index is 481. The molecular weight excluding hydrogens is 214 g/mol. The number of para-hydroxylation sites is 1. The predicted molar refractivity (Wildman–Crippen MR) is 64.9 cm³/mol. The molecule has 1 aliphatic heterocycles. The van der Waals surface area contributed by atoms with E-state index in [2.05, 4.69) is 27.4 Å². The van der Waals surface area contributed by atoms with E-state index in [4.69, 9.17) is 4.74 Å². The molecule has 0 spiro atoms. The first-order chi connectivity index (χ1) is 8.42. The molecule has 0 saturated heterocycles. The van der Waals surface area contributed by atoms with Crippen molar-refractivity contribution in [1.29, 1.82) is 0 Å². The molecule has 0 radical (unpaired) electrons.